The van der Waals surface area contributed by atoms with Gasteiger partial charge in [0.1, 0.15) is 11.5 Å². The number of nitrogens with one attached hydrogen (secondary N) is 2. The van der Waals surface area contributed by atoms with Crippen LogP contribution < -0.4 is 16.6 Å². The predicted octanol–water partition coefficient (Wildman–Crippen LogP) is 0.827. The number of hydrogen-bond acceptors (Lipinski definition) is 5. The molecule has 0 saturated carbocycles. The Labute approximate surface area is 114 Å². The third-order valence-electron chi connectivity index (χ3n) is 2.93. The van der Waals surface area contributed by atoms with Gasteiger partial charge in [-0.2, -0.15) is 0 Å². The van der Waals surface area contributed by atoms with E-state index in [4.69, 9.17) is 5.84 Å². The number of likely N-dealkylation sites (N-methyl/N-ethyl adjacent to an activating group) is 1. The maximum Gasteiger partial charge on any atom is 0.270 e. The van der Waals surface area contributed by atoms with Gasteiger partial charge in [-0.15, -0.1) is 0 Å². The van der Waals surface area contributed by atoms with Gasteiger partial charge < -0.3 is 15.6 Å². The summed E-state index contributed by atoms with van der Waals surface area (Å²) in [6.45, 7) is 8.98. The number of anilines is 1. The molecule has 1 atom stereocenters. The van der Waals surface area contributed by atoms with Crippen LogP contribution in [0.15, 0.2) is 18.2 Å². The van der Waals surface area contributed by atoms with Gasteiger partial charge in [0.05, 0.1) is 0 Å². The summed E-state index contributed by atoms with van der Waals surface area (Å²) < 4.78 is 0. The second-order valence-corrected chi connectivity index (χ2v) is 4.41. The van der Waals surface area contributed by atoms with Gasteiger partial charge in [0.2, 0.25) is 0 Å². The number of carbonyl (C=O) groups excluding carboxylic acids is 1. The van der Waals surface area contributed by atoms with E-state index in [1.165, 1.54) is 0 Å². The van der Waals surface area contributed by atoms with E-state index < -0.39 is 0 Å². The minimum atomic E-state index is -0.184. The van der Waals surface area contributed by atoms with Crippen LogP contribution in [-0.2, 0) is 0 Å². The van der Waals surface area contributed by atoms with Crippen molar-refractivity contribution in [2.45, 2.75) is 26.8 Å². The average molecular weight is 265 g/mol. The van der Waals surface area contributed by atoms with E-state index in [2.05, 4.69) is 34.5 Å². The van der Waals surface area contributed by atoms with Crippen molar-refractivity contribution in [1.82, 2.24) is 15.2 Å². The first-order valence-corrected chi connectivity index (χ1v) is 6.57. The average Bonchev–Trinajstić information content (AvgIpc) is 2.44. The molecule has 6 nitrogen and oxygen atoms in total. The number of pyridine rings is 1. The zero-order chi connectivity index (χ0) is 14.3. The Morgan fingerprint density at radius 3 is 2.68 bits per heavy atom. The van der Waals surface area contributed by atoms with Gasteiger partial charge in [0, 0.05) is 12.6 Å². The molecule has 0 saturated heterocycles. The SMILES string of the molecule is CCN(CC)CC(C)NC(=O)c1cccc(NN)n1. The molecule has 1 heterocycles. The lowest BCUT2D eigenvalue weighted by atomic mass is 10.2. The lowest BCUT2D eigenvalue weighted by Crippen LogP contribution is -2.42. The van der Waals surface area contributed by atoms with Crippen LogP contribution in [0.25, 0.3) is 0 Å². The first-order valence-electron chi connectivity index (χ1n) is 6.57. The number of nitrogens with two attached hydrogens (primary N) is 1. The third kappa shape index (κ3) is 4.84. The van der Waals surface area contributed by atoms with E-state index in [1.807, 2.05) is 6.92 Å². The van der Waals surface area contributed by atoms with Gasteiger partial charge in [0.15, 0.2) is 0 Å². The van der Waals surface area contributed by atoms with Gasteiger partial charge in [-0.25, -0.2) is 10.8 Å². The number of amides is 1. The highest BCUT2D eigenvalue weighted by Crippen LogP contribution is 2.03. The Hall–Kier alpha value is -1.66. The van der Waals surface area contributed by atoms with Crippen molar-refractivity contribution in [3.63, 3.8) is 0 Å². The molecule has 0 spiro atoms. The van der Waals surface area contributed by atoms with Crippen LogP contribution in [0.2, 0.25) is 0 Å². The Morgan fingerprint density at radius 2 is 2.11 bits per heavy atom. The Balaban J connectivity index is 2.58. The Kier molecular flexibility index (Phi) is 6.24. The summed E-state index contributed by atoms with van der Waals surface area (Å²) in [4.78, 5) is 18.4. The second-order valence-electron chi connectivity index (χ2n) is 4.41. The van der Waals surface area contributed by atoms with Gasteiger partial charge in [0.25, 0.3) is 5.91 Å². The summed E-state index contributed by atoms with van der Waals surface area (Å²) in [7, 11) is 0. The zero-order valence-corrected chi connectivity index (χ0v) is 11.8. The number of rotatable bonds is 7. The fourth-order valence-electron chi connectivity index (χ4n) is 1.85. The molecule has 0 aliphatic carbocycles. The summed E-state index contributed by atoms with van der Waals surface area (Å²) in [5.74, 6) is 5.56. The predicted molar refractivity (Wildman–Crippen MR) is 76.8 cm³/mol. The topological polar surface area (TPSA) is 83.3 Å². The summed E-state index contributed by atoms with van der Waals surface area (Å²) >= 11 is 0. The maximum absolute atomic E-state index is 12.0. The van der Waals surface area contributed by atoms with Crippen molar-refractivity contribution in [3.8, 4) is 0 Å². The minimum Gasteiger partial charge on any atom is -0.347 e. The maximum atomic E-state index is 12.0. The molecule has 6 heteroatoms. The molecule has 1 amide bonds. The highest BCUT2D eigenvalue weighted by atomic mass is 16.1. The van der Waals surface area contributed by atoms with Crippen molar-refractivity contribution < 1.29 is 4.79 Å². The van der Waals surface area contributed by atoms with Crippen LogP contribution in [0.3, 0.4) is 0 Å². The first-order chi connectivity index (χ1) is 9.10. The highest BCUT2D eigenvalue weighted by molar-refractivity contribution is 5.92. The third-order valence-corrected chi connectivity index (χ3v) is 2.93. The minimum absolute atomic E-state index is 0.0729. The van der Waals surface area contributed by atoms with E-state index in [0.717, 1.165) is 19.6 Å². The van der Waals surface area contributed by atoms with Crippen LogP contribution in [0, 0.1) is 0 Å². The molecule has 1 rings (SSSR count). The molecule has 0 aliphatic heterocycles. The molecule has 1 aromatic heterocycles. The van der Waals surface area contributed by atoms with Crippen LogP contribution in [0.1, 0.15) is 31.3 Å². The van der Waals surface area contributed by atoms with Crippen molar-refractivity contribution in [2.24, 2.45) is 5.84 Å². The molecule has 4 N–H and O–H groups in total. The first kappa shape index (κ1) is 15.4. The molecule has 0 bridgehead atoms. The summed E-state index contributed by atoms with van der Waals surface area (Å²) in [6, 6.07) is 5.19. The standard InChI is InChI=1S/C13H23N5O/c1-4-18(5-2)9-10(3)15-13(19)11-7-6-8-12(16-11)17-14/h6-8,10H,4-5,9,14H2,1-3H3,(H,15,19)(H,16,17). The van der Waals surface area contributed by atoms with Crippen molar-refractivity contribution >= 4 is 11.7 Å². The van der Waals surface area contributed by atoms with Crippen molar-refractivity contribution in [2.75, 3.05) is 25.1 Å². The van der Waals surface area contributed by atoms with Crippen LogP contribution in [-0.4, -0.2) is 41.5 Å². The number of hydrazine groups is 1. The monoisotopic (exact) mass is 265 g/mol. The lowest BCUT2D eigenvalue weighted by molar-refractivity contribution is 0.0925. The van der Waals surface area contributed by atoms with Crippen LogP contribution in [0.5, 0.6) is 0 Å². The normalized spacial score (nSPS) is 12.3. The summed E-state index contributed by atoms with van der Waals surface area (Å²) in [5.41, 5.74) is 2.79. The van der Waals surface area contributed by atoms with E-state index in [0.29, 0.717) is 11.5 Å². The number of nitrogen functional groups attached to an aromatic ring is 1. The van der Waals surface area contributed by atoms with Gasteiger partial charge in [-0.1, -0.05) is 19.9 Å². The number of nitrogens with zero attached hydrogens (tertiary/aromatic N) is 2. The second kappa shape index (κ2) is 7.70. The van der Waals surface area contributed by atoms with Gasteiger partial charge in [-0.05, 0) is 32.1 Å². The molecular formula is C13H23N5O. The quantitative estimate of drug-likeness (QED) is 0.502. The number of aromatic nitrogens is 1. The molecular weight excluding hydrogens is 242 g/mol. The van der Waals surface area contributed by atoms with Crippen LogP contribution in [0.4, 0.5) is 5.82 Å². The zero-order valence-electron chi connectivity index (χ0n) is 11.8. The number of carbonyl (C=O) groups is 1. The molecule has 19 heavy (non-hydrogen) atoms. The summed E-state index contributed by atoms with van der Waals surface area (Å²) in [5, 5.41) is 2.93. The summed E-state index contributed by atoms with van der Waals surface area (Å²) in [6.07, 6.45) is 0. The lowest BCUT2D eigenvalue weighted by Gasteiger charge is -2.23. The molecule has 0 aliphatic rings. The smallest absolute Gasteiger partial charge is 0.270 e. The molecule has 0 fully saturated rings. The molecule has 0 radical (unpaired) electrons. The van der Waals surface area contributed by atoms with Gasteiger partial charge >= 0.3 is 0 Å². The van der Waals surface area contributed by atoms with E-state index in [-0.39, 0.29) is 11.9 Å². The molecule has 1 aromatic rings. The highest BCUT2D eigenvalue weighted by Gasteiger charge is 2.13. The van der Waals surface area contributed by atoms with Crippen LogP contribution >= 0.6 is 0 Å². The Bertz CT molecular complexity index is 406. The van der Waals surface area contributed by atoms with Crippen molar-refractivity contribution in [1.29, 1.82) is 0 Å². The number of hydrogen-bond donors (Lipinski definition) is 3. The fourth-order valence-corrected chi connectivity index (χ4v) is 1.85. The van der Waals surface area contributed by atoms with Crippen molar-refractivity contribution in [3.05, 3.63) is 23.9 Å². The molecule has 0 aromatic carbocycles. The molecule has 1 unspecified atom stereocenters. The van der Waals surface area contributed by atoms with E-state index in [9.17, 15) is 4.79 Å². The Morgan fingerprint density at radius 1 is 1.42 bits per heavy atom. The van der Waals surface area contributed by atoms with E-state index in [1.54, 1.807) is 18.2 Å². The van der Waals surface area contributed by atoms with E-state index >= 15 is 0 Å². The van der Waals surface area contributed by atoms with Gasteiger partial charge in [-0.3, -0.25) is 4.79 Å². The molecule has 106 valence electrons. The largest absolute Gasteiger partial charge is 0.347 e. The fraction of sp³-hybridized carbons (Fsp3) is 0.538.